The second-order valence-corrected chi connectivity index (χ2v) is 3.73. The maximum absolute atomic E-state index is 11.5. The summed E-state index contributed by atoms with van der Waals surface area (Å²) in [4.78, 5) is 12.0. The fourth-order valence-electron chi connectivity index (χ4n) is 1.30. The predicted molar refractivity (Wildman–Crippen MR) is 48.6 cm³/mol. The smallest absolute Gasteiger partial charge is 0.264 e. The van der Waals surface area contributed by atoms with Crippen LogP contribution in [-0.4, -0.2) is 34.6 Å². The normalized spacial score (nSPS) is 21.7. The molecule has 2 rings (SSSR count). The van der Waals surface area contributed by atoms with Crippen molar-refractivity contribution < 1.29 is 4.79 Å². The lowest BCUT2D eigenvalue weighted by Crippen LogP contribution is -2.35. The van der Waals surface area contributed by atoms with Gasteiger partial charge in [0.15, 0.2) is 0 Å². The van der Waals surface area contributed by atoms with Gasteiger partial charge in [0.1, 0.15) is 4.88 Å². The Kier molecular flexibility index (Phi) is 2.51. The number of nitrogens with zero attached hydrogens (tertiary/aromatic N) is 2. The second kappa shape index (κ2) is 3.80. The molecule has 1 aliphatic heterocycles. The lowest BCUT2D eigenvalue weighted by molar-refractivity contribution is 0.0944. The molecule has 1 aliphatic rings. The van der Waals surface area contributed by atoms with Crippen LogP contribution in [0.4, 0.5) is 0 Å². The Balaban J connectivity index is 1.91. The molecule has 1 amide bonds. The van der Waals surface area contributed by atoms with Gasteiger partial charge >= 0.3 is 0 Å². The van der Waals surface area contributed by atoms with Crippen LogP contribution in [-0.2, 0) is 0 Å². The molecule has 0 aromatic carbocycles. The first-order chi connectivity index (χ1) is 6.36. The number of amides is 1. The zero-order valence-electron chi connectivity index (χ0n) is 6.99. The van der Waals surface area contributed by atoms with Crippen molar-refractivity contribution in [3.8, 4) is 0 Å². The summed E-state index contributed by atoms with van der Waals surface area (Å²) in [6.45, 7) is 1.84. The van der Waals surface area contributed by atoms with E-state index in [1.165, 1.54) is 6.20 Å². The average Bonchev–Trinajstić information content (AvgIpc) is 2.74. The lowest BCUT2D eigenvalue weighted by Gasteiger charge is -2.08. The molecule has 5 nitrogen and oxygen atoms in total. The fourth-order valence-corrected chi connectivity index (χ4v) is 1.72. The van der Waals surface area contributed by atoms with Gasteiger partial charge in [-0.15, -0.1) is 5.10 Å². The molecule has 2 heterocycles. The topological polar surface area (TPSA) is 66.9 Å². The number of nitrogens with one attached hydrogen (secondary N) is 2. The van der Waals surface area contributed by atoms with E-state index in [-0.39, 0.29) is 11.9 Å². The molecule has 70 valence electrons. The highest BCUT2D eigenvalue weighted by Gasteiger charge is 2.18. The standard InChI is InChI=1S/C7H10N4OS/c12-7(6-4-9-11-13-6)10-5-1-2-8-3-5/h4-5,8H,1-3H2,(H,10,12)/t5-/m1/s1. The van der Waals surface area contributed by atoms with Gasteiger partial charge in [-0.2, -0.15) is 0 Å². The Labute approximate surface area is 79.7 Å². The van der Waals surface area contributed by atoms with Crippen LogP contribution < -0.4 is 10.6 Å². The van der Waals surface area contributed by atoms with Gasteiger partial charge in [0, 0.05) is 12.6 Å². The summed E-state index contributed by atoms with van der Waals surface area (Å²) < 4.78 is 3.63. The minimum absolute atomic E-state index is 0.0660. The van der Waals surface area contributed by atoms with Gasteiger partial charge in [0.25, 0.3) is 5.91 Å². The SMILES string of the molecule is O=C(N[C@@H]1CCNC1)c1cnns1. The monoisotopic (exact) mass is 198 g/mol. The summed E-state index contributed by atoms with van der Waals surface area (Å²) in [5, 5.41) is 9.70. The third-order valence-corrected chi connectivity index (χ3v) is 2.64. The van der Waals surface area contributed by atoms with Crippen molar-refractivity contribution in [3.63, 3.8) is 0 Å². The van der Waals surface area contributed by atoms with Crippen molar-refractivity contribution in [1.82, 2.24) is 20.2 Å². The highest BCUT2D eigenvalue weighted by atomic mass is 32.1. The largest absolute Gasteiger partial charge is 0.347 e. The van der Waals surface area contributed by atoms with Crippen LogP contribution in [0.5, 0.6) is 0 Å². The summed E-state index contributed by atoms with van der Waals surface area (Å²) in [7, 11) is 0. The third kappa shape index (κ3) is 2.02. The van der Waals surface area contributed by atoms with E-state index in [2.05, 4.69) is 20.2 Å². The van der Waals surface area contributed by atoms with Crippen LogP contribution in [0.1, 0.15) is 16.1 Å². The van der Waals surface area contributed by atoms with Gasteiger partial charge in [0.2, 0.25) is 0 Å². The van der Waals surface area contributed by atoms with Crippen LogP contribution in [0.2, 0.25) is 0 Å². The predicted octanol–water partition coefficient (Wildman–Crippen LogP) is -0.370. The van der Waals surface area contributed by atoms with E-state index < -0.39 is 0 Å². The number of carbonyl (C=O) groups excluding carboxylic acids is 1. The zero-order valence-corrected chi connectivity index (χ0v) is 7.80. The molecule has 13 heavy (non-hydrogen) atoms. The molecule has 2 N–H and O–H groups in total. The first kappa shape index (κ1) is 8.58. The van der Waals surface area contributed by atoms with Gasteiger partial charge < -0.3 is 10.6 Å². The van der Waals surface area contributed by atoms with E-state index in [0.29, 0.717) is 4.88 Å². The Morgan fingerprint density at radius 2 is 2.69 bits per heavy atom. The van der Waals surface area contributed by atoms with Crippen molar-refractivity contribution in [2.75, 3.05) is 13.1 Å². The van der Waals surface area contributed by atoms with Gasteiger partial charge in [-0.25, -0.2) is 0 Å². The fraction of sp³-hybridized carbons (Fsp3) is 0.571. The second-order valence-electron chi connectivity index (χ2n) is 2.94. The van der Waals surface area contributed by atoms with Crippen molar-refractivity contribution in [1.29, 1.82) is 0 Å². The molecule has 6 heteroatoms. The van der Waals surface area contributed by atoms with E-state index in [9.17, 15) is 4.79 Å². The molecule has 0 bridgehead atoms. The van der Waals surface area contributed by atoms with Gasteiger partial charge in [0.05, 0.1) is 6.20 Å². The molecule has 1 fully saturated rings. The van der Waals surface area contributed by atoms with Crippen LogP contribution in [0.15, 0.2) is 6.20 Å². The molecular weight excluding hydrogens is 188 g/mol. The van der Waals surface area contributed by atoms with Gasteiger partial charge in [-0.3, -0.25) is 4.79 Å². The van der Waals surface area contributed by atoms with E-state index in [4.69, 9.17) is 0 Å². The molecule has 1 saturated heterocycles. The number of hydrogen-bond donors (Lipinski definition) is 2. The summed E-state index contributed by atoms with van der Waals surface area (Å²) in [5.74, 6) is -0.0660. The highest BCUT2D eigenvalue weighted by Crippen LogP contribution is 2.04. The van der Waals surface area contributed by atoms with Gasteiger partial charge in [-0.1, -0.05) is 4.49 Å². The van der Waals surface area contributed by atoms with E-state index in [1.807, 2.05) is 0 Å². The number of aromatic nitrogens is 2. The first-order valence-electron chi connectivity index (χ1n) is 4.15. The molecule has 0 spiro atoms. The number of rotatable bonds is 2. The molecule has 1 atom stereocenters. The van der Waals surface area contributed by atoms with E-state index in [1.54, 1.807) is 0 Å². The highest BCUT2D eigenvalue weighted by molar-refractivity contribution is 7.07. The number of hydrogen-bond acceptors (Lipinski definition) is 5. The van der Waals surface area contributed by atoms with Crippen molar-refractivity contribution in [2.24, 2.45) is 0 Å². The van der Waals surface area contributed by atoms with E-state index in [0.717, 1.165) is 31.0 Å². The Hall–Kier alpha value is -1.01. The molecule has 1 aromatic rings. The summed E-state index contributed by atoms with van der Waals surface area (Å²) in [6.07, 6.45) is 2.49. The van der Waals surface area contributed by atoms with Gasteiger partial charge in [-0.05, 0) is 24.5 Å². The maximum Gasteiger partial charge on any atom is 0.264 e. The molecular formula is C7H10N4OS. The lowest BCUT2D eigenvalue weighted by atomic mass is 10.2. The Morgan fingerprint density at radius 1 is 1.77 bits per heavy atom. The maximum atomic E-state index is 11.5. The quantitative estimate of drug-likeness (QED) is 0.680. The molecule has 1 aromatic heterocycles. The molecule has 0 radical (unpaired) electrons. The molecule has 0 saturated carbocycles. The summed E-state index contributed by atoms with van der Waals surface area (Å²) in [5.41, 5.74) is 0. The zero-order chi connectivity index (χ0) is 9.10. The van der Waals surface area contributed by atoms with Crippen LogP contribution >= 0.6 is 11.5 Å². The minimum atomic E-state index is -0.0660. The number of carbonyl (C=O) groups is 1. The summed E-state index contributed by atoms with van der Waals surface area (Å²) >= 11 is 1.12. The summed E-state index contributed by atoms with van der Waals surface area (Å²) in [6, 6.07) is 0.259. The molecule has 0 aliphatic carbocycles. The average molecular weight is 198 g/mol. The Bertz CT molecular complexity index is 281. The van der Waals surface area contributed by atoms with Crippen molar-refractivity contribution in [3.05, 3.63) is 11.1 Å². The van der Waals surface area contributed by atoms with Crippen molar-refractivity contribution >= 4 is 17.4 Å². The van der Waals surface area contributed by atoms with E-state index >= 15 is 0 Å². The third-order valence-electron chi connectivity index (χ3n) is 1.98. The minimum Gasteiger partial charge on any atom is -0.347 e. The van der Waals surface area contributed by atoms with Crippen LogP contribution in [0.3, 0.4) is 0 Å². The Morgan fingerprint density at radius 3 is 3.31 bits per heavy atom. The van der Waals surface area contributed by atoms with Crippen LogP contribution in [0.25, 0.3) is 0 Å². The van der Waals surface area contributed by atoms with Crippen LogP contribution in [0, 0.1) is 0 Å². The molecule has 0 unspecified atom stereocenters. The first-order valence-corrected chi connectivity index (χ1v) is 4.92. The van der Waals surface area contributed by atoms with Crippen molar-refractivity contribution in [2.45, 2.75) is 12.5 Å².